The summed E-state index contributed by atoms with van der Waals surface area (Å²) >= 11 is 0. The fraction of sp³-hybridized carbons (Fsp3) is 0.417. The first-order valence-corrected chi connectivity index (χ1v) is 10.2. The third-order valence-corrected chi connectivity index (χ3v) is 5.16. The predicted octanol–water partition coefficient (Wildman–Crippen LogP) is 6.38. The zero-order valence-corrected chi connectivity index (χ0v) is 16.8. The van der Waals surface area contributed by atoms with Gasteiger partial charge in [0.15, 0.2) is 11.5 Å². The summed E-state index contributed by atoms with van der Waals surface area (Å²) in [6.07, 6.45) is 5.78. The molecule has 0 aromatic heterocycles. The first kappa shape index (κ1) is 21.3. The van der Waals surface area contributed by atoms with Gasteiger partial charge in [-0.2, -0.15) is 8.78 Å². The zero-order chi connectivity index (χ0) is 20.6. The highest BCUT2D eigenvalue weighted by molar-refractivity contribution is 5.35. The van der Waals surface area contributed by atoms with Gasteiger partial charge in [0.25, 0.3) is 0 Å². The molecule has 0 saturated carbocycles. The number of unbranched alkanes of at least 4 members (excludes halogenated alkanes) is 1. The van der Waals surface area contributed by atoms with Crippen LogP contribution in [-0.2, 0) is 11.3 Å². The maximum atomic E-state index is 14.2. The number of hydrogen-bond donors (Lipinski definition) is 0. The van der Waals surface area contributed by atoms with Crippen molar-refractivity contribution < 1.29 is 23.0 Å². The van der Waals surface area contributed by atoms with Gasteiger partial charge in [-0.3, -0.25) is 0 Å². The lowest BCUT2D eigenvalue weighted by atomic mass is 9.94. The summed E-state index contributed by atoms with van der Waals surface area (Å²) in [6.45, 7) is 7.03. The van der Waals surface area contributed by atoms with E-state index in [4.69, 9.17) is 14.2 Å². The first-order chi connectivity index (χ1) is 14.1. The molecule has 1 heterocycles. The lowest BCUT2D eigenvalue weighted by molar-refractivity contribution is -0.00515. The molecule has 0 spiro atoms. The van der Waals surface area contributed by atoms with E-state index in [1.807, 2.05) is 37.3 Å². The van der Waals surface area contributed by atoms with E-state index < -0.39 is 11.6 Å². The molecule has 3 rings (SSSR count). The minimum Gasteiger partial charge on any atom is -0.490 e. The maximum absolute atomic E-state index is 14.2. The van der Waals surface area contributed by atoms with Gasteiger partial charge >= 0.3 is 0 Å². The molecule has 0 N–H and O–H groups in total. The molecular formula is C24H28F2O3. The smallest absolute Gasteiger partial charge is 0.204 e. The lowest BCUT2D eigenvalue weighted by Crippen LogP contribution is -2.19. The Hall–Kier alpha value is -2.40. The molecule has 0 radical (unpaired) electrons. The average Bonchev–Trinajstić information content (AvgIpc) is 2.77. The molecule has 3 nitrogen and oxygen atoms in total. The monoisotopic (exact) mass is 402 g/mol. The van der Waals surface area contributed by atoms with Gasteiger partial charge in [-0.15, -0.1) is 6.58 Å². The van der Waals surface area contributed by atoms with E-state index in [-0.39, 0.29) is 24.2 Å². The standard InChI is InChI=1S/C24H28F2O3/c1-3-5-14-27-21-12-13-22(24(26)23(21)25)29-16-18-6-9-19(10-7-18)20-11-8-17(4-2)15-28-20/h4,6-7,9-10,12-13,17,20H,2-3,5,8,11,14-16H2,1H3. The van der Waals surface area contributed by atoms with Gasteiger partial charge in [-0.25, -0.2) is 0 Å². The minimum absolute atomic E-state index is 0.0844. The molecule has 2 aromatic rings. The predicted molar refractivity (Wildman–Crippen MR) is 109 cm³/mol. The van der Waals surface area contributed by atoms with Crippen molar-refractivity contribution in [3.05, 3.63) is 71.8 Å². The van der Waals surface area contributed by atoms with Gasteiger partial charge in [0.1, 0.15) is 6.61 Å². The lowest BCUT2D eigenvalue weighted by Gasteiger charge is -2.27. The molecule has 0 amide bonds. The SMILES string of the molecule is C=CC1CCC(c2ccc(COc3ccc(OCCCC)c(F)c3F)cc2)OC1. The summed E-state index contributed by atoms with van der Waals surface area (Å²) < 4.78 is 45.0. The number of rotatable bonds is 9. The van der Waals surface area contributed by atoms with E-state index in [2.05, 4.69) is 6.58 Å². The van der Waals surface area contributed by atoms with Gasteiger partial charge in [-0.05, 0) is 42.5 Å². The summed E-state index contributed by atoms with van der Waals surface area (Å²) in [7, 11) is 0. The van der Waals surface area contributed by atoms with Gasteiger partial charge in [0, 0.05) is 5.92 Å². The third-order valence-electron chi connectivity index (χ3n) is 5.16. The molecule has 29 heavy (non-hydrogen) atoms. The van der Waals surface area contributed by atoms with E-state index in [1.165, 1.54) is 12.1 Å². The highest BCUT2D eigenvalue weighted by atomic mass is 19.2. The average molecular weight is 402 g/mol. The van der Waals surface area contributed by atoms with Crippen molar-refractivity contribution in [3.63, 3.8) is 0 Å². The van der Waals surface area contributed by atoms with Crippen LogP contribution in [0.1, 0.15) is 49.8 Å². The Kier molecular flexibility index (Phi) is 7.64. The fourth-order valence-electron chi connectivity index (χ4n) is 3.27. The Labute approximate surface area is 171 Å². The Morgan fingerprint density at radius 1 is 1.03 bits per heavy atom. The van der Waals surface area contributed by atoms with Crippen molar-refractivity contribution in [2.75, 3.05) is 13.2 Å². The van der Waals surface area contributed by atoms with Gasteiger partial charge in [0.2, 0.25) is 11.6 Å². The molecule has 156 valence electrons. The second-order valence-electron chi connectivity index (χ2n) is 7.32. The highest BCUT2D eigenvalue weighted by Gasteiger charge is 2.21. The Bertz CT molecular complexity index is 797. The summed E-state index contributed by atoms with van der Waals surface area (Å²) in [5, 5.41) is 0. The van der Waals surface area contributed by atoms with Crippen LogP contribution in [0.15, 0.2) is 49.1 Å². The van der Waals surface area contributed by atoms with Crippen LogP contribution in [0.3, 0.4) is 0 Å². The van der Waals surface area contributed by atoms with Crippen molar-refractivity contribution in [1.82, 2.24) is 0 Å². The second kappa shape index (κ2) is 10.4. The molecule has 1 fully saturated rings. The molecule has 2 atom stereocenters. The number of hydrogen-bond acceptors (Lipinski definition) is 3. The number of benzene rings is 2. The Morgan fingerprint density at radius 3 is 2.31 bits per heavy atom. The van der Waals surface area contributed by atoms with Gasteiger partial charge in [0.05, 0.1) is 19.3 Å². The Balaban J connectivity index is 1.56. The Morgan fingerprint density at radius 2 is 1.72 bits per heavy atom. The summed E-state index contributed by atoms with van der Waals surface area (Å²) in [5.41, 5.74) is 1.98. The van der Waals surface area contributed by atoms with Crippen LogP contribution in [0, 0.1) is 17.6 Å². The number of ether oxygens (including phenoxy) is 3. The van der Waals surface area contributed by atoms with Crippen molar-refractivity contribution >= 4 is 0 Å². The molecule has 2 unspecified atom stereocenters. The van der Waals surface area contributed by atoms with Crippen molar-refractivity contribution in [3.8, 4) is 11.5 Å². The molecule has 1 saturated heterocycles. The van der Waals surface area contributed by atoms with Crippen molar-refractivity contribution in [2.24, 2.45) is 5.92 Å². The molecule has 2 aromatic carbocycles. The molecule has 1 aliphatic rings. The number of halogens is 2. The van der Waals surface area contributed by atoms with Crippen molar-refractivity contribution in [1.29, 1.82) is 0 Å². The largest absolute Gasteiger partial charge is 0.490 e. The van der Waals surface area contributed by atoms with Crippen LogP contribution < -0.4 is 9.47 Å². The van der Waals surface area contributed by atoms with E-state index in [1.54, 1.807) is 0 Å². The van der Waals surface area contributed by atoms with E-state index >= 15 is 0 Å². The zero-order valence-electron chi connectivity index (χ0n) is 16.8. The highest BCUT2D eigenvalue weighted by Crippen LogP contribution is 2.31. The van der Waals surface area contributed by atoms with Gasteiger partial charge < -0.3 is 14.2 Å². The van der Waals surface area contributed by atoms with Crippen LogP contribution in [0.4, 0.5) is 8.78 Å². The van der Waals surface area contributed by atoms with E-state index in [0.717, 1.165) is 36.8 Å². The third kappa shape index (κ3) is 5.57. The minimum atomic E-state index is -1.03. The van der Waals surface area contributed by atoms with E-state index in [9.17, 15) is 8.78 Å². The van der Waals surface area contributed by atoms with Crippen LogP contribution in [0.25, 0.3) is 0 Å². The molecule has 0 bridgehead atoms. The summed E-state index contributed by atoms with van der Waals surface area (Å²) in [4.78, 5) is 0. The van der Waals surface area contributed by atoms with E-state index in [0.29, 0.717) is 19.1 Å². The molecule has 5 heteroatoms. The van der Waals surface area contributed by atoms with Crippen LogP contribution in [-0.4, -0.2) is 13.2 Å². The van der Waals surface area contributed by atoms with Crippen molar-refractivity contribution in [2.45, 2.75) is 45.3 Å². The van der Waals surface area contributed by atoms with Crippen LogP contribution in [0.5, 0.6) is 11.5 Å². The summed E-state index contributed by atoms with van der Waals surface area (Å²) in [6, 6.07) is 10.7. The quantitative estimate of drug-likeness (QED) is 0.360. The maximum Gasteiger partial charge on any atom is 0.204 e. The molecule has 1 aliphatic heterocycles. The molecule has 0 aliphatic carbocycles. The fourth-order valence-corrected chi connectivity index (χ4v) is 3.27. The summed E-state index contributed by atoms with van der Waals surface area (Å²) in [5.74, 6) is -1.82. The normalized spacial score (nSPS) is 19.0. The topological polar surface area (TPSA) is 27.7 Å². The van der Waals surface area contributed by atoms with Gasteiger partial charge in [-0.1, -0.05) is 43.7 Å². The van der Waals surface area contributed by atoms with Crippen LogP contribution >= 0.6 is 0 Å². The first-order valence-electron chi connectivity index (χ1n) is 10.2. The second-order valence-corrected chi connectivity index (χ2v) is 7.32. The molecular weight excluding hydrogens is 374 g/mol. The van der Waals surface area contributed by atoms with Crippen LogP contribution in [0.2, 0.25) is 0 Å².